The summed E-state index contributed by atoms with van der Waals surface area (Å²) < 4.78 is 0. The van der Waals surface area contributed by atoms with Gasteiger partial charge < -0.3 is 19.8 Å². The zero-order valence-electron chi connectivity index (χ0n) is 3.02. The van der Waals surface area contributed by atoms with Gasteiger partial charge in [0.2, 0.25) is 0 Å². The van der Waals surface area contributed by atoms with E-state index in [4.69, 9.17) is 0 Å². The van der Waals surface area contributed by atoms with Gasteiger partial charge in [0, 0.05) is 0 Å². The Balaban J connectivity index is 0. The smallest absolute Gasteiger partial charge is 2.00 e. The first-order valence-electron chi connectivity index (χ1n) is 0. The molecular formula is Mg3P2. The van der Waals surface area contributed by atoms with Gasteiger partial charge in [-0.3, -0.25) is 0 Å². The Labute approximate surface area is 87.7 Å². The van der Waals surface area contributed by atoms with Crippen LogP contribution < -0.4 is 0 Å². The topological polar surface area (TPSA) is 0 Å². The van der Waals surface area contributed by atoms with Gasteiger partial charge in [-0.15, -0.1) is 0 Å². The number of rotatable bonds is 0. The van der Waals surface area contributed by atoms with Crippen molar-refractivity contribution in [3.05, 3.63) is 0 Å². The molecule has 0 aliphatic rings. The van der Waals surface area contributed by atoms with Crippen LogP contribution in [0.4, 0.5) is 0 Å². The van der Waals surface area contributed by atoms with Crippen LogP contribution in [-0.4, -0.2) is 69.2 Å². The van der Waals surface area contributed by atoms with Gasteiger partial charge in [0.05, 0.1) is 0 Å². The molecule has 0 heterocycles. The average Bonchev–Trinajstić information content (AvgIpc) is 0. The molecule has 0 atom stereocenters. The first-order valence-corrected chi connectivity index (χ1v) is 0. The third kappa shape index (κ3) is 19.1. The van der Waals surface area contributed by atoms with Crippen molar-refractivity contribution in [3.8, 4) is 0 Å². The van der Waals surface area contributed by atoms with Crippen LogP contribution in [-0.2, 0) is 0 Å². The van der Waals surface area contributed by atoms with E-state index in [1.54, 1.807) is 0 Å². The molecule has 0 saturated heterocycles. The molecule has 0 radical (unpaired) electrons. The van der Waals surface area contributed by atoms with E-state index in [2.05, 4.69) is 0 Å². The molecule has 5 heavy (non-hydrogen) atoms. The van der Waals surface area contributed by atoms with Crippen molar-refractivity contribution >= 4 is 89.0 Å². The van der Waals surface area contributed by atoms with Crippen molar-refractivity contribution in [2.45, 2.75) is 0 Å². The van der Waals surface area contributed by atoms with Crippen LogP contribution in [0, 0.1) is 0 Å². The van der Waals surface area contributed by atoms with Gasteiger partial charge in [-0.05, 0) is 0 Å². The Hall–Kier alpha value is 3.16. The molecule has 0 nitrogen and oxygen atoms in total. The average molecular weight is 135 g/mol. The van der Waals surface area contributed by atoms with Crippen LogP contribution in [0.5, 0.6) is 0 Å². The monoisotopic (exact) mass is 134 g/mol. The van der Waals surface area contributed by atoms with E-state index in [-0.39, 0.29) is 89.0 Å². The summed E-state index contributed by atoms with van der Waals surface area (Å²) >= 11 is 0. The fourth-order valence-corrected chi connectivity index (χ4v) is 0. The summed E-state index contributed by atoms with van der Waals surface area (Å²) in [5.74, 6) is 0. The van der Waals surface area contributed by atoms with E-state index in [0.29, 0.717) is 0 Å². The molecule has 0 aliphatic heterocycles. The first kappa shape index (κ1) is 41.9. The molecule has 0 fully saturated rings. The summed E-state index contributed by atoms with van der Waals surface area (Å²) in [6.07, 6.45) is 0. The second kappa shape index (κ2) is 27.2. The van der Waals surface area contributed by atoms with Gasteiger partial charge in [0.15, 0.2) is 0 Å². The molecule has 0 aliphatic carbocycles. The second-order valence-corrected chi connectivity index (χ2v) is 0. The predicted octanol–water partition coefficient (Wildman–Crippen LogP) is 0.580. The molecule has 0 bridgehead atoms. The largest absolute Gasteiger partial charge is 3.00 e. The molecule has 0 rings (SSSR count). The molecule has 5 heteroatoms. The minimum absolute atomic E-state index is 0. The van der Waals surface area contributed by atoms with Crippen LogP contribution in [0.3, 0.4) is 0 Å². The molecule has 0 amide bonds. The Morgan fingerprint density at radius 2 is 0.400 bits per heavy atom. The van der Waals surface area contributed by atoms with Gasteiger partial charge in [0.1, 0.15) is 0 Å². The van der Waals surface area contributed by atoms with Crippen LogP contribution >= 0.6 is 19.8 Å². The molecule has 0 unspecified atom stereocenters. The summed E-state index contributed by atoms with van der Waals surface area (Å²) in [6, 6.07) is 0. The van der Waals surface area contributed by atoms with Crippen LogP contribution in [0.25, 0.3) is 0 Å². The van der Waals surface area contributed by atoms with E-state index < -0.39 is 0 Å². The maximum absolute atomic E-state index is 0. The molecule has 0 spiro atoms. The van der Waals surface area contributed by atoms with Gasteiger partial charge >= 0.3 is 69.2 Å². The second-order valence-electron chi connectivity index (χ2n) is 0. The van der Waals surface area contributed by atoms with Crippen molar-refractivity contribution in [2.75, 3.05) is 0 Å². The molecule has 0 aromatic heterocycles. The quantitative estimate of drug-likeness (QED) is 0.336. The maximum Gasteiger partial charge on any atom is 2.00 e. The van der Waals surface area contributed by atoms with Crippen molar-refractivity contribution < 1.29 is 0 Å². The van der Waals surface area contributed by atoms with E-state index in [1.165, 1.54) is 0 Å². The summed E-state index contributed by atoms with van der Waals surface area (Å²) in [7, 11) is 0. The first-order chi connectivity index (χ1) is 0. The van der Waals surface area contributed by atoms with Crippen molar-refractivity contribution in [1.82, 2.24) is 0 Å². The van der Waals surface area contributed by atoms with Gasteiger partial charge in [-0.2, -0.15) is 0 Å². The van der Waals surface area contributed by atoms with Gasteiger partial charge in [-0.25, -0.2) is 0 Å². The van der Waals surface area contributed by atoms with E-state index in [1.807, 2.05) is 0 Å². The van der Waals surface area contributed by atoms with Gasteiger partial charge in [0.25, 0.3) is 0 Å². The van der Waals surface area contributed by atoms with Crippen molar-refractivity contribution in [3.63, 3.8) is 0 Å². The van der Waals surface area contributed by atoms with Crippen LogP contribution in [0.2, 0.25) is 0 Å². The fraction of sp³-hybridized carbons (Fsp3) is 0. The molecule has 0 N–H and O–H groups in total. The third-order valence-electron chi connectivity index (χ3n) is 0. The normalized spacial score (nSPS) is 0. The minimum atomic E-state index is 0. The van der Waals surface area contributed by atoms with Crippen LogP contribution in [0.1, 0.15) is 0 Å². The maximum atomic E-state index is 0. The zero-order chi connectivity index (χ0) is 0. The zero-order valence-corrected chi connectivity index (χ0v) is 9.05. The minimum Gasteiger partial charge on any atom is -3.00 e. The number of hydrogen-bond acceptors (Lipinski definition) is 0. The summed E-state index contributed by atoms with van der Waals surface area (Å²) in [5.41, 5.74) is 0. The van der Waals surface area contributed by atoms with Gasteiger partial charge in [-0.1, -0.05) is 0 Å². The van der Waals surface area contributed by atoms with Crippen molar-refractivity contribution in [1.29, 1.82) is 0 Å². The van der Waals surface area contributed by atoms with E-state index >= 15 is 0 Å². The standard InChI is InChI=1S/3Mg.2P/q3*+2;2*-3. The number of hydrogen-bond donors (Lipinski definition) is 0. The summed E-state index contributed by atoms with van der Waals surface area (Å²) in [6.45, 7) is 0. The fourth-order valence-electron chi connectivity index (χ4n) is 0. The molecule has 0 saturated carbocycles. The van der Waals surface area contributed by atoms with E-state index in [0.717, 1.165) is 0 Å². The third-order valence-corrected chi connectivity index (χ3v) is 0. The Morgan fingerprint density at radius 3 is 0.400 bits per heavy atom. The van der Waals surface area contributed by atoms with E-state index in [9.17, 15) is 0 Å². The SMILES string of the molecule is [Mg+2].[Mg+2].[Mg+2].[P-3].[P-3]. The predicted molar refractivity (Wildman–Crippen MR) is 31.1 cm³/mol. The molecule has 16 valence electrons. The summed E-state index contributed by atoms with van der Waals surface area (Å²) in [5, 5.41) is 0. The van der Waals surface area contributed by atoms with Crippen molar-refractivity contribution in [2.24, 2.45) is 0 Å². The Morgan fingerprint density at radius 1 is 0.400 bits per heavy atom. The van der Waals surface area contributed by atoms with Crippen LogP contribution in [0.15, 0.2) is 0 Å². The Bertz CT molecular complexity index is 4.85. The Kier molecular flexibility index (Phi) is 228. The molecular weight excluding hydrogens is 135 g/mol. The molecule has 0 aromatic rings. The summed E-state index contributed by atoms with van der Waals surface area (Å²) in [4.78, 5) is 0. The molecule has 0 aromatic carbocycles.